The van der Waals surface area contributed by atoms with E-state index in [2.05, 4.69) is 5.32 Å². The Morgan fingerprint density at radius 3 is 2.23 bits per heavy atom. The predicted molar refractivity (Wildman–Crippen MR) is 117 cm³/mol. The number of ether oxygens (including phenoxy) is 2. The third kappa shape index (κ3) is 4.70. The summed E-state index contributed by atoms with van der Waals surface area (Å²) in [5.41, 5.74) is -0.663. The van der Waals surface area contributed by atoms with Gasteiger partial charge >= 0.3 is 12.1 Å². The monoisotopic (exact) mass is 430 g/mol. The number of benzene rings is 1. The van der Waals surface area contributed by atoms with Crippen LogP contribution in [-0.4, -0.2) is 47.2 Å². The number of hydrogen-bond acceptors (Lipinski definition) is 5. The first-order valence-corrected chi connectivity index (χ1v) is 11.0. The second-order valence-corrected chi connectivity index (χ2v) is 9.97. The average molecular weight is 431 g/mol. The fraction of sp³-hybridized carbons (Fsp3) is 0.625. The summed E-state index contributed by atoms with van der Waals surface area (Å²) in [6, 6.07) is 7.05. The zero-order valence-electron chi connectivity index (χ0n) is 19.4. The standard InChI is InChI=1S/C24H34N2O5/c1-16-8-7-13-23(5,26(16)21(29)31-22(2,3)4)20(28)25-24(14-15-24)18-11-9-17(10-12-18)19(27)30-6/h9-12,16H,7-8,13-15H2,1-6H3,(H,25,28). The predicted octanol–water partition coefficient (Wildman–Crippen LogP) is 4.15. The van der Waals surface area contributed by atoms with Crippen molar-refractivity contribution in [1.82, 2.24) is 10.2 Å². The molecule has 170 valence electrons. The summed E-state index contributed by atoms with van der Waals surface area (Å²) < 4.78 is 10.4. The number of amides is 2. The quantitative estimate of drug-likeness (QED) is 0.726. The van der Waals surface area contributed by atoms with E-state index in [0.29, 0.717) is 12.0 Å². The zero-order valence-corrected chi connectivity index (χ0v) is 19.4. The number of hydrogen-bond donors (Lipinski definition) is 1. The van der Waals surface area contributed by atoms with Crippen LogP contribution in [0.3, 0.4) is 0 Å². The van der Waals surface area contributed by atoms with E-state index in [1.807, 2.05) is 46.8 Å². The van der Waals surface area contributed by atoms with Crippen LogP contribution in [0.25, 0.3) is 0 Å². The molecule has 3 rings (SSSR count). The van der Waals surface area contributed by atoms with Crippen molar-refractivity contribution in [3.63, 3.8) is 0 Å². The molecule has 1 aliphatic carbocycles. The molecule has 7 heteroatoms. The van der Waals surface area contributed by atoms with Crippen LogP contribution in [0.4, 0.5) is 4.79 Å². The van der Waals surface area contributed by atoms with Gasteiger partial charge in [-0.15, -0.1) is 0 Å². The highest BCUT2D eigenvalue weighted by Gasteiger charge is 2.53. The molecule has 1 aromatic carbocycles. The normalized spacial score (nSPS) is 24.8. The van der Waals surface area contributed by atoms with Gasteiger partial charge in [-0.1, -0.05) is 12.1 Å². The Labute approximate surface area is 184 Å². The van der Waals surface area contributed by atoms with Gasteiger partial charge in [0.25, 0.3) is 0 Å². The van der Waals surface area contributed by atoms with Crippen molar-refractivity contribution in [3.8, 4) is 0 Å². The van der Waals surface area contributed by atoms with Gasteiger partial charge in [-0.05, 0) is 84.4 Å². The number of carbonyl (C=O) groups is 3. The third-order valence-electron chi connectivity index (χ3n) is 6.30. The molecule has 1 N–H and O–H groups in total. The average Bonchev–Trinajstić information content (AvgIpc) is 3.46. The fourth-order valence-electron chi connectivity index (χ4n) is 4.40. The third-order valence-corrected chi connectivity index (χ3v) is 6.30. The minimum atomic E-state index is -0.985. The van der Waals surface area contributed by atoms with Gasteiger partial charge in [-0.3, -0.25) is 9.69 Å². The molecule has 2 fully saturated rings. The van der Waals surface area contributed by atoms with Crippen LogP contribution in [0, 0.1) is 0 Å². The van der Waals surface area contributed by atoms with E-state index in [0.717, 1.165) is 31.2 Å². The van der Waals surface area contributed by atoms with E-state index in [4.69, 9.17) is 9.47 Å². The molecule has 1 saturated carbocycles. The summed E-state index contributed by atoms with van der Waals surface area (Å²) in [4.78, 5) is 39.9. The summed E-state index contributed by atoms with van der Waals surface area (Å²) in [5.74, 6) is -0.559. The second kappa shape index (κ2) is 8.17. The Morgan fingerprint density at radius 1 is 1.10 bits per heavy atom. The Kier molecular flexibility index (Phi) is 6.09. The van der Waals surface area contributed by atoms with Gasteiger partial charge in [-0.2, -0.15) is 0 Å². The topological polar surface area (TPSA) is 84.9 Å². The van der Waals surface area contributed by atoms with Gasteiger partial charge in [-0.25, -0.2) is 9.59 Å². The maximum atomic E-state index is 13.6. The molecule has 1 heterocycles. The van der Waals surface area contributed by atoms with Crippen LogP contribution in [0.1, 0.15) is 82.6 Å². The number of methoxy groups -OCH3 is 1. The molecule has 0 aromatic heterocycles. The number of carbonyl (C=O) groups excluding carboxylic acids is 3. The zero-order chi connectivity index (χ0) is 23.0. The summed E-state index contributed by atoms with van der Waals surface area (Å²) in [7, 11) is 1.35. The van der Waals surface area contributed by atoms with Gasteiger partial charge < -0.3 is 14.8 Å². The number of piperidine rings is 1. The lowest BCUT2D eigenvalue weighted by atomic mass is 9.84. The molecule has 2 unspecified atom stereocenters. The molecule has 0 bridgehead atoms. The van der Waals surface area contributed by atoms with Gasteiger partial charge in [0.05, 0.1) is 18.2 Å². The van der Waals surface area contributed by atoms with Crippen LogP contribution < -0.4 is 5.32 Å². The molecule has 7 nitrogen and oxygen atoms in total. The highest BCUT2D eigenvalue weighted by molar-refractivity contribution is 5.91. The Hall–Kier alpha value is -2.57. The molecule has 2 amide bonds. The van der Waals surface area contributed by atoms with Crippen molar-refractivity contribution in [2.24, 2.45) is 0 Å². The van der Waals surface area contributed by atoms with Crippen molar-refractivity contribution >= 4 is 18.0 Å². The van der Waals surface area contributed by atoms with Crippen LogP contribution in [0.5, 0.6) is 0 Å². The molecule has 1 aliphatic heterocycles. The van der Waals surface area contributed by atoms with E-state index in [1.54, 1.807) is 17.0 Å². The SMILES string of the molecule is COC(=O)c1ccc(C2(NC(=O)C3(C)CCCC(C)N3C(=O)OC(C)(C)C)CC2)cc1. The number of nitrogens with one attached hydrogen (secondary N) is 1. The number of nitrogens with zero attached hydrogens (tertiary/aromatic N) is 1. The van der Waals surface area contributed by atoms with Crippen molar-refractivity contribution < 1.29 is 23.9 Å². The first-order chi connectivity index (χ1) is 14.4. The first kappa shape index (κ1) is 23.1. The Morgan fingerprint density at radius 2 is 1.71 bits per heavy atom. The number of rotatable bonds is 4. The maximum Gasteiger partial charge on any atom is 0.411 e. The lowest BCUT2D eigenvalue weighted by molar-refractivity contribution is -0.137. The lowest BCUT2D eigenvalue weighted by Crippen LogP contribution is -2.65. The summed E-state index contributed by atoms with van der Waals surface area (Å²) in [6.45, 7) is 9.28. The summed E-state index contributed by atoms with van der Waals surface area (Å²) in [5, 5.41) is 3.22. The lowest BCUT2D eigenvalue weighted by Gasteiger charge is -2.47. The van der Waals surface area contributed by atoms with Gasteiger partial charge in [0.1, 0.15) is 11.1 Å². The maximum absolute atomic E-state index is 13.6. The van der Waals surface area contributed by atoms with Crippen LogP contribution >= 0.6 is 0 Å². The molecule has 31 heavy (non-hydrogen) atoms. The number of likely N-dealkylation sites (tertiary alicyclic amines) is 1. The van der Waals surface area contributed by atoms with Gasteiger partial charge in [0.2, 0.25) is 5.91 Å². The second-order valence-electron chi connectivity index (χ2n) is 9.97. The Balaban J connectivity index is 1.81. The Bertz CT molecular complexity index is 854. The molecule has 0 radical (unpaired) electrons. The number of esters is 1. The van der Waals surface area contributed by atoms with Crippen LogP contribution in [0.2, 0.25) is 0 Å². The largest absolute Gasteiger partial charge is 0.465 e. The van der Waals surface area contributed by atoms with Crippen LogP contribution in [-0.2, 0) is 19.8 Å². The molecular formula is C24H34N2O5. The molecule has 2 aliphatic rings. The molecular weight excluding hydrogens is 396 g/mol. The van der Waals surface area contributed by atoms with Crippen molar-refractivity contribution in [1.29, 1.82) is 0 Å². The smallest absolute Gasteiger partial charge is 0.411 e. The highest BCUT2D eigenvalue weighted by atomic mass is 16.6. The van der Waals surface area contributed by atoms with Gasteiger partial charge in [0, 0.05) is 6.04 Å². The van der Waals surface area contributed by atoms with E-state index < -0.39 is 28.7 Å². The van der Waals surface area contributed by atoms with Crippen molar-refractivity contribution in [2.75, 3.05) is 7.11 Å². The molecule has 1 saturated heterocycles. The first-order valence-electron chi connectivity index (χ1n) is 11.0. The van der Waals surface area contributed by atoms with E-state index in [-0.39, 0.29) is 11.9 Å². The van der Waals surface area contributed by atoms with Crippen LogP contribution in [0.15, 0.2) is 24.3 Å². The van der Waals surface area contributed by atoms with E-state index in [1.165, 1.54) is 7.11 Å². The highest BCUT2D eigenvalue weighted by Crippen LogP contribution is 2.46. The molecule has 2 atom stereocenters. The van der Waals surface area contributed by atoms with Gasteiger partial charge in [0.15, 0.2) is 0 Å². The molecule has 0 spiro atoms. The van der Waals surface area contributed by atoms with E-state index in [9.17, 15) is 14.4 Å². The minimum absolute atomic E-state index is 0.0890. The van der Waals surface area contributed by atoms with Crippen molar-refractivity contribution in [2.45, 2.75) is 89.4 Å². The van der Waals surface area contributed by atoms with E-state index >= 15 is 0 Å². The summed E-state index contributed by atoms with van der Waals surface area (Å²) >= 11 is 0. The van der Waals surface area contributed by atoms with Crippen molar-refractivity contribution in [3.05, 3.63) is 35.4 Å². The minimum Gasteiger partial charge on any atom is -0.465 e. The fourth-order valence-corrected chi connectivity index (χ4v) is 4.40. The molecule has 1 aromatic rings. The summed E-state index contributed by atoms with van der Waals surface area (Å²) in [6.07, 6.45) is 3.46.